The predicted octanol–water partition coefficient (Wildman–Crippen LogP) is 2.27. The lowest BCUT2D eigenvalue weighted by Crippen LogP contribution is -2.20. The monoisotopic (exact) mass is 272 g/mol. The van der Waals surface area contributed by atoms with Crippen LogP contribution in [0.25, 0.3) is 0 Å². The number of nitrogens with zero attached hydrogens (tertiary/aromatic N) is 4. The first-order chi connectivity index (χ1) is 9.24. The van der Waals surface area contributed by atoms with Gasteiger partial charge in [-0.3, -0.25) is 4.79 Å². The molecule has 3 rings (SSSR count). The number of carbonyl (C=O) groups excluding carboxylic acids is 1. The molecule has 0 saturated carbocycles. The van der Waals surface area contributed by atoms with Crippen molar-refractivity contribution in [3.8, 4) is 0 Å². The van der Waals surface area contributed by atoms with Crippen LogP contribution in [-0.4, -0.2) is 21.8 Å². The van der Waals surface area contributed by atoms with E-state index in [1.165, 1.54) is 5.01 Å². The number of benzene rings is 1. The number of amides is 1. The number of halogens is 1. The number of anilines is 1. The molecule has 94 valence electrons. The van der Waals surface area contributed by atoms with Gasteiger partial charge in [-0.15, -0.1) is 10.2 Å². The second-order valence-electron chi connectivity index (χ2n) is 4.01. The molecule has 19 heavy (non-hydrogen) atoms. The lowest BCUT2D eigenvalue weighted by molar-refractivity contribution is -0.116. The van der Waals surface area contributed by atoms with Gasteiger partial charge in [0.15, 0.2) is 11.0 Å². The molecule has 0 N–H and O–H groups in total. The molecule has 6 heteroatoms. The van der Waals surface area contributed by atoms with Crippen LogP contribution in [0, 0.1) is 0 Å². The highest BCUT2D eigenvalue weighted by atomic mass is 35.5. The molecule has 1 aromatic heterocycles. The summed E-state index contributed by atoms with van der Waals surface area (Å²) in [6.45, 7) is 0. The Bertz CT molecular complexity index is 639. The SMILES string of the molecule is O=C1CC(c2ccccc2)=NN1c1ccc(Cl)nn1. The Balaban J connectivity index is 1.93. The van der Waals surface area contributed by atoms with Crippen LogP contribution < -0.4 is 5.01 Å². The minimum Gasteiger partial charge on any atom is -0.272 e. The van der Waals surface area contributed by atoms with Crippen molar-refractivity contribution < 1.29 is 4.79 Å². The minimum absolute atomic E-state index is 0.129. The van der Waals surface area contributed by atoms with Crippen LogP contribution in [0.3, 0.4) is 0 Å². The molecule has 2 heterocycles. The summed E-state index contributed by atoms with van der Waals surface area (Å²) in [4.78, 5) is 12.0. The van der Waals surface area contributed by atoms with Crippen LogP contribution in [0.15, 0.2) is 47.6 Å². The van der Waals surface area contributed by atoms with Gasteiger partial charge in [0.1, 0.15) is 0 Å². The number of hydrazone groups is 1. The van der Waals surface area contributed by atoms with Crippen molar-refractivity contribution in [3.63, 3.8) is 0 Å². The van der Waals surface area contributed by atoms with E-state index in [9.17, 15) is 4.79 Å². The quantitative estimate of drug-likeness (QED) is 0.843. The number of hydrogen-bond acceptors (Lipinski definition) is 4. The van der Waals surface area contributed by atoms with Crippen molar-refractivity contribution in [1.82, 2.24) is 10.2 Å². The van der Waals surface area contributed by atoms with Crippen molar-refractivity contribution in [2.24, 2.45) is 5.10 Å². The summed E-state index contributed by atoms with van der Waals surface area (Å²) < 4.78 is 0. The summed E-state index contributed by atoms with van der Waals surface area (Å²) in [5.41, 5.74) is 1.66. The maximum Gasteiger partial charge on any atom is 0.255 e. The first kappa shape index (κ1) is 11.8. The van der Waals surface area contributed by atoms with E-state index in [2.05, 4.69) is 15.3 Å². The maximum atomic E-state index is 12.0. The van der Waals surface area contributed by atoms with Crippen LogP contribution in [0.1, 0.15) is 12.0 Å². The van der Waals surface area contributed by atoms with Gasteiger partial charge in [0, 0.05) is 0 Å². The van der Waals surface area contributed by atoms with Crippen molar-refractivity contribution >= 4 is 29.0 Å². The molecule has 2 aromatic rings. The highest BCUT2D eigenvalue weighted by Gasteiger charge is 2.27. The fourth-order valence-electron chi connectivity index (χ4n) is 1.82. The van der Waals surface area contributed by atoms with Crippen LogP contribution in [0.5, 0.6) is 0 Å². The predicted molar refractivity (Wildman–Crippen MR) is 72.1 cm³/mol. The largest absolute Gasteiger partial charge is 0.272 e. The van der Waals surface area contributed by atoms with E-state index in [1.807, 2.05) is 30.3 Å². The molecule has 0 unspecified atom stereocenters. The minimum atomic E-state index is -0.129. The van der Waals surface area contributed by atoms with Gasteiger partial charge >= 0.3 is 0 Å². The molecule has 1 aliphatic heterocycles. The van der Waals surface area contributed by atoms with E-state index >= 15 is 0 Å². The van der Waals surface area contributed by atoms with Crippen molar-refractivity contribution in [2.45, 2.75) is 6.42 Å². The van der Waals surface area contributed by atoms with Crippen LogP contribution in [0.2, 0.25) is 5.15 Å². The van der Waals surface area contributed by atoms with Crippen molar-refractivity contribution in [1.29, 1.82) is 0 Å². The lowest BCUT2D eigenvalue weighted by atomic mass is 10.1. The first-order valence-corrected chi connectivity index (χ1v) is 6.07. The summed E-state index contributed by atoms with van der Waals surface area (Å²) in [6.07, 6.45) is 0.258. The zero-order valence-corrected chi connectivity index (χ0v) is 10.6. The van der Waals surface area contributed by atoms with Gasteiger partial charge in [0.25, 0.3) is 5.91 Å². The molecule has 1 aliphatic rings. The second-order valence-corrected chi connectivity index (χ2v) is 4.40. The number of carbonyl (C=O) groups is 1. The van der Waals surface area contributed by atoms with E-state index in [0.29, 0.717) is 5.82 Å². The van der Waals surface area contributed by atoms with Gasteiger partial charge in [-0.05, 0) is 17.7 Å². The molecule has 5 nitrogen and oxygen atoms in total. The van der Waals surface area contributed by atoms with E-state index < -0.39 is 0 Å². The van der Waals surface area contributed by atoms with Gasteiger partial charge < -0.3 is 0 Å². The Morgan fingerprint density at radius 1 is 1.05 bits per heavy atom. The fraction of sp³-hybridized carbons (Fsp3) is 0.0769. The van der Waals surface area contributed by atoms with Crippen molar-refractivity contribution in [3.05, 3.63) is 53.2 Å². The van der Waals surface area contributed by atoms with Gasteiger partial charge in [-0.25, -0.2) is 0 Å². The molecule has 0 atom stereocenters. The van der Waals surface area contributed by atoms with Crippen LogP contribution >= 0.6 is 11.6 Å². The van der Waals surface area contributed by atoms with Gasteiger partial charge in [-0.2, -0.15) is 10.1 Å². The smallest absolute Gasteiger partial charge is 0.255 e. The first-order valence-electron chi connectivity index (χ1n) is 5.69. The van der Waals surface area contributed by atoms with E-state index in [4.69, 9.17) is 11.6 Å². The summed E-state index contributed by atoms with van der Waals surface area (Å²) in [7, 11) is 0. The number of aromatic nitrogens is 2. The van der Waals surface area contributed by atoms with Gasteiger partial charge in [-0.1, -0.05) is 41.9 Å². The zero-order valence-electron chi connectivity index (χ0n) is 9.82. The number of rotatable bonds is 2. The average molecular weight is 273 g/mol. The van der Waals surface area contributed by atoms with Gasteiger partial charge in [0.2, 0.25) is 0 Å². The summed E-state index contributed by atoms with van der Waals surface area (Å²) in [6, 6.07) is 12.8. The summed E-state index contributed by atoms with van der Waals surface area (Å²) in [5.74, 6) is 0.246. The van der Waals surface area contributed by atoms with E-state index in [-0.39, 0.29) is 17.5 Å². The van der Waals surface area contributed by atoms with E-state index in [1.54, 1.807) is 12.1 Å². The second kappa shape index (κ2) is 4.78. The molecular formula is C13H9ClN4O. The Hall–Kier alpha value is -2.27. The summed E-state index contributed by atoms with van der Waals surface area (Å²) in [5, 5.41) is 13.4. The molecule has 0 radical (unpaired) electrons. The van der Waals surface area contributed by atoms with Crippen LogP contribution in [-0.2, 0) is 4.79 Å². The van der Waals surface area contributed by atoms with Gasteiger partial charge in [0.05, 0.1) is 12.1 Å². The normalized spacial score (nSPS) is 14.7. The highest BCUT2D eigenvalue weighted by Crippen LogP contribution is 2.21. The Kier molecular flexibility index (Phi) is 2.97. The zero-order chi connectivity index (χ0) is 13.2. The Morgan fingerprint density at radius 2 is 1.84 bits per heavy atom. The molecule has 0 spiro atoms. The topological polar surface area (TPSA) is 58.5 Å². The molecule has 0 aliphatic carbocycles. The van der Waals surface area contributed by atoms with E-state index in [0.717, 1.165) is 11.3 Å². The molecule has 0 fully saturated rings. The van der Waals surface area contributed by atoms with Crippen LogP contribution in [0.4, 0.5) is 5.82 Å². The third-order valence-corrected chi connectivity index (χ3v) is 2.92. The Morgan fingerprint density at radius 3 is 2.53 bits per heavy atom. The Labute approximate surface area is 114 Å². The molecule has 1 aromatic carbocycles. The molecular weight excluding hydrogens is 264 g/mol. The van der Waals surface area contributed by atoms with Crippen molar-refractivity contribution in [2.75, 3.05) is 5.01 Å². The molecule has 1 amide bonds. The fourth-order valence-corrected chi connectivity index (χ4v) is 1.92. The molecule has 0 bridgehead atoms. The standard InChI is InChI=1S/C13H9ClN4O/c14-11-6-7-12(16-15-11)18-13(19)8-10(17-18)9-4-2-1-3-5-9/h1-7H,8H2. The maximum absolute atomic E-state index is 12.0. The summed E-state index contributed by atoms with van der Waals surface area (Å²) >= 11 is 5.67. The molecule has 0 saturated heterocycles. The third-order valence-electron chi connectivity index (χ3n) is 2.72. The highest BCUT2D eigenvalue weighted by molar-refractivity contribution is 6.29. The average Bonchev–Trinajstić information content (AvgIpc) is 2.83. The number of hydrogen-bond donors (Lipinski definition) is 0. The lowest BCUT2D eigenvalue weighted by Gasteiger charge is -2.08. The third kappa shape index (κ3) is 2.32.